The molecule has 0 bridgehead atoms. The van der Waals surface area contributed by atoms with Gasteiger partial charge in [-0.1, -0.05) is 27.5 Å². The van der Waals surface area contributed by atoms with Crippen LogP contribution in [0.4, 0.5) is 24.5 Å². The van der Waals surface area contributed by atoms with Crippen LogP contribution in [-0.4, -0.2) is 11.1 Å². The summed E-state index contributed by atoms with van der Waals surface area (Å²) < 4.78 is 38.3. The lowest BCUT2D eigenvalue weighted by Crippen LogP contribution is -2.04. The van der Waals surface area contributed by atoms with E-state index in [0.29, 0.717) is 0 Å². The van der Waals surface area contributed by atoms with Crippen LogP contribution in [0.1, 0.15) is 11.1 Å². The van der Waals surface area contributed by atoms with Gasteiger partial charge in [-0.3, -0.25) is 15.1 Å². The third kappa shape index (κ3) is 4.04. The molecule has 0 aromatic heterocycles. The smallest absolute Gasteiger partial charge is 0.416 e. The summed E-state index contributed by atoms with van der Waals surface area (Å²) in [6.07, 6.45) is -3.64. The molecule has 2 aromatic rings. The molecule has 0 aliphatic heterocycles. The maximum atomic E-state index is 12.7. The van der Waals surface area contributed by atoms with Crippen molar-refractivity contribution in [2.45, 2.75) is 6.18 Å². The van der Waals surface area contributed by atoms with Crippen molar-refractivity contribution in [3.05, 3.63) is 61.1 Å². The Balaban J connectivity index is 2.47. The summed E-state index contributed by atoms with van der Waals surface area (Å²) in [5, 5.41) is 22.7. The molecule has 24 heavy (non-hydrogen) atoms. The number of nitro benzene ring substituents is 1. The van der Waals surface area contributed by atoms with Crippen molar-refractivity contribution in [3.63, 3.8) is 0 Å². The molecule has 0 N–H and O–H groups in total. The van der Waals surface area contributed by atoms with Crippen molar-refractivity contribution >= 4 is 45.1 Å². The number of alkyl halides is 3. The van der Waals surface area contributed by atoms with Gasteiger partial charge in [0, 0.05) is 16.8 Å². The zero-order valence-electron chi connectivity index (χ0n) is 11.5. The Labute approximate surface area is 146 Å². The average molecular weight is 423 g/mol. The van der Waals surface area contributed by atoms with Crippen LogP contribution in [0.5, 0.6) is 5.75 Å². The third-order valence-electron chi connectivity index (χ3n) is 2.88. The molecule has 0 unspecified atom stereocenters. The van der Waals surface area contributed by atoms with E-state index < -0.39 is 28.1 Å². The van der Waals surface area contributed by atoms with E-state index in [9.17, 15) is 28.4 Å². The van der Waals surface area contributed by atoms with Crippen LogP contribution >= 0.6 is 27.5 Å². The highest BCUT2D eigenvalue weighted by Gasteiger charge is 2.30. The maximum absolute atomic E-state index is 12.7. The van der Waals surface area contributed by atoms with Crippen molar-refractivity contribution in [1.82, 2.24) is 0 Å². The number of aliphatic imine (C=N–C) groups is 1. The van der Waals surface area contributed by atoms with Gasteiger partial charge >= 0.3 is 6.18 Å². The zero-order valence-corrected chi connectivity index (χ0v) is 13.8. The molecule has 2 rings (SSSR count). The molecule has 0 saturated heterocycles. The molecule has 0 radical (unpaired) electrons. The van der Waals surface area contributed by atoms with Gasteiger partial charge in [0.25, 0.3) is 5.69 Å². The van der Waals surface area contributed by atoms with Crippen molar-refractivity contribution in [1.29, 1.82) is 0 Å². The Morgan fingerprint density at radius 3 is 2.50 bits per heavy atom. The van der Waals surface area contributed by atoms with Crippen molar-refractivity contribution in [2.75, 3.05) is 0 Å². The standard InChI is InChI=1S/C14H7BrClF3N2O3/c15-9-3-7(13(22)12(5-9)21(23)24)6-20-11-4-8(14(17,18)19)1-2-10(11)16/h1-6,22H/p-1. The Bertz CT molecular complexity index is 841. The molecule has 0 saturated carbocycles. The van der Waals surface area contributed by atoms with Gasteiger partial charge in [0.15, 0.2) is 0 Å². The number of hydrogen-bond acceptors (Lipinski definition) is 4. The average Bonchev–Trinajstić information content (AvgIpc) is 2.47. The van der Waals surface area contributed by atoms with Crippen LogP contribution in [0.3, 0.4) is 0 Å². The molecule has 0 heterocycles. The summed E-state index contributed by atoms with van der Waals surface area (Å²) in [4.78, 5) is 13.7. The highest BCUT2D eigenvalue weighted by atomic mass is 79.9. The molecular weight excluding hydrogens is 417 g/mol. The lowest BCUT2D eigenvalue weighted by atomic mass is 10.1. The van der Waals surface area contributed by atoms with E-state index in [1.165, 1.54) is 6.07 Å². The van der Waals surface area contributed by atoms with Crippen LogP contribution in [0.15, 0.2) is 39.8 Å². The van der Waals surface area contributed by atoms with Crippen LogP contribution < -0.4 is 5.11 Å². The van der Waals surface area contributed by atoms with Crippen LogP contribution in [-0.2, 0) is 6.18 Å². The fraction of sp³-hybridized carbons (Fsp3) is 0.0714. The van der Waals surface area contributed by atoms with Gasteiger partial charge in [0.1, 0.15) is 0 Å². The first-order valence-electron chi connectivity index (χ1n) is 6.15. The number of benzene rings is 2. The topological polar surface area (TPSA) is 78.6 Å². The van der Waals surface area contributed by atoms with Gasteiger partial charge in [0.2, 0.25) is 0 Å². The van der Waals surface area contributed by atoms with Crippen molar-refractivity contribution < 1.29 is 23.2 Å². The van der Waals surface area contributed by atoms with Crippen molar-refractivity contribution in [2.24, 2.45) is 4.99 Å². The van der Waals surface area contributed by atoms with Gasteiger partial charge < -0.3 is 5.11 Å². The van der Waals surface area contributed by atoms with E-state index in [2.05, 4.69) is 20.9 Å². The largest absolute Gasteiger partial charge is 0.867 e. The number of halogens is 5. The van der Waals surface area contributed by atoms with E-state index in [1.54, 1.807) is 0 Å². The summed E-state index contributed by atoms with van der Waals surface area (Å²) in [6.45, 7) is 0. The Morgan fingerprint density at radius 1 is 1.25 bits per heavy atom. The monoisotopic (exact) mass is 421 g/mol. The summed E-state index contributed by atoms with van der Waals surface area (Å²) >= 11 is 8.80. The van der Waals surface area contributed by atoms with Gasteiger partial charge in [-0.05, 0) is 35.6 Å². The van der Waals surface area contributed by atoms with Gasteiger partial charge in [-0.15, -0.1) is 0 Å². The predicted molar refractivity (Wildman–Crippen MR) is 84.0 cm³/mol. The lowest BCUT2D eigenvalue weighted by Gasteiger charge is -2.11. The maximum Gasteiger partial charge on any atom is 0.416 e. The number of nitro groups is 1. The number of nitrogens with zero attached hydrogens (tertiary/aromatic N) is 2. The highest BCUT2D eigenvalue weighted by Crippen LogP contribution is 2.35. The first kappa shape index (κ1) is 18.2. The van der Waals surface area contributed by atoms with Crippen molar-refractivity contribution in [3.8, 4) is 5.75 Å². The predicted octanol–water partition coefficient (Wildman–Crippen LogP) is 4.85. The van der Waals surface area contributed by atoms with E-state index in [-0.39, 0.29) is 20.7 Å². The second-order valence-electron chi connectivity index (χ2n) is 4.52. The molecule has 0 amide bonds. The van der Waals surface area contributed by atoms with Crippen LogP contribution in [0, 0.1) is 10.1 Å². The van der Waals surface area contributed by atoms with E-state index in [4.69, 9.17) is 11.6 Å². The fourth-order valence-electron chi connectivity index (χ4n) is 1.76. The normalized spacial score (nSPS) is 11.9. The molecule has 0 atom stereocenters. The highest BCUT2D eigenvalue weighted by molar-refractivity contribution is 9.10. The molecule has 0 spiro atoms. The lowest BCUT2D eigenvalue weighted by molar-refractivity contribution is -0.398. The molecule has 126 valence electrons. The second-order valence-corrected chi connectivity index (χ2v) is 5.85. The van der Waals surface area contributed by atoms with E-state index in [1.807, 2.05) is 0 Å². The van der Waals surface area contributed by atoms with Crippen LogP contribution in [0.25, 0.3) is 0 Å². The minimum absolute atomic E-state index is 0.0591. The first-order chi connectivity index (χ1) is 11.1. The Morgan fingerprint density at radius 2 is 1.92 bits per heavy atom. The zero-order chi connectivity index (χ0) is 18.1. The van der Waals surface area contributed by atoms with Crippen LogP contribution in [0.2, 0.25) is 5.02 Å². The SMILES string of the molecule is O=[N+]([O-])c1cc(Br)cc(C=Nc2cc(C(F)(F)F)ccc2Cl)c1[O-]. The minimum Gasteiger partial charge on any atom is -0.867 e. The minimum atomic E-state index is -4.58. The summed E-state index contributed by atoms with van der Waals surface area (Å²) in [5.74, 6) is -0.907. The molecule has 0 aliphatic carbocycles. The molecular formula is C14H6BrClF3N2O3-. The quantitative estimate of drug-likeness (QED) is 0.403. The summed E-state index contributed by atoms with van der Waals surface area (Å²) in [5.41, 5.74) is -2.01. The summed E-state index contributed by atoms with van der Waals surface area (Å²) in [7, 11) is 0. The number of rotatable bonds is 3. The second kappa shape index (κ2) is 6.78. The number of hydrogen-bond donors (Lipinski definition) is 0. The van der Waals surface area contributed by atoms with E-state index >= 15 is 0 Å². The molecule has 0 aliphatic rings. The molecule has 5 nitrogen and oxygen atoms in total. The van der Waals surface area contributed by atoms with Gasteiger partial charge in [-0.2, -0.15) is 13.2 Å². The fourth-order valence-corrected chi connectivity index (χ4v) is 2.39. The first-order valence-corrected chi connectivity index (χ1v) is 7.32. The molecule has 2 aromatic carbocycles. The Hall–Kier alpha value is -2.13. The Kier molecular flexibility index (Phi) is 5.14. The van der Waals surface area contributed by atoms with Gasteiger partial charge in [0.05, 0.1) is 21.2 Å². The third-order valence-corrected chi connectivity index (χ3v) is 3.65. The summed E-state index contributed by atoms with van der Waals surface area (Å²) in [6, 6.07) is 4.83. The molecule has 0 fully saturated rings. The van der Waals surface area contributed by atoms with Gasteiger partial charge in [-0.25, -0.2) is 0 Å². The van der Waals surface area contributed by atoms with E-state index in [0.717, 1.165) is 30.5 Å². The molecule has 10 heteroatoms.